The van der Waals surface area contributed by atoms with Crippen molar-refractivity contribution in [3.8, 4) is 11.3 Å². The highest BCUT2D eigenvalue weighted by atomic mass is 16.1. The highest BCUT2D eigenvalue weighted by molar-refractivity contribution is 5.65. The largest absolute Gasteiger partial charge is 0.398 e. The van der Waals surface area contributed by atoms with Gasteiger partial charge in [0.2, 0.25) is 0 Å². The topological polar surface area (TPSA) is 71.8 Å². The Hall–Kier alpha value is -2.10. The summed E-state index contributed by atoms with van der Waals surface area (Å²) < 4.78 is 0. The molecule has 1 aromatic heterocycles. The predicted octanol–water partition coefficient (Wildman–Crippen LogP) is 1.33. The molecule has 0 spiro atoms. The molecular weight excluding hydrogens is 190 g/mol. The Bertz CT molecular complexity index is 546. The third-order valence-electron chi connectivity index (χ3n) is 2.24. The highest BCUT2D eigenvalue weighted by Crippen LogP contribution is 2.20. The van der Waals surface area contributed by atoms with Crippen LogP contribution in [0.1, 0.15) is 5.56 Å². The minimum atomic E-state index is -0.216. The van der Waals surface area contributed by atoms with E-state index >= 15 is 0 Å². The normalized spacial score (nSPS) is 10.2. The van der Waals surface area contributed by atoms with Gasteiger partial charge in [0.1, 0.15) is 0 Å². The lowest BCUT2D eigenvalue weighted by Crippen LogP contribution is -2.05. The first kappa shape index (κ1) is 9.45. The van der Waals surface area contributed by atoms with E-state index in [0.29, 0.717) is 11.4 Å². The molecule has 1 aromatic carbocycles. The lowest BCUT2D eigenvalue weighted by molar-refractivity contribution is 1.14. The Morgan fingerprint density at radius 1 is 1.33 bits per heavy atom. The molecule has 0 fully saturated rings. The van der Waals surface area contributed by atoms with Gasteiger partial charge >= 0.3 is 0 Å². The van der Waals surface area contributed by atoms with Gasteiger partial charge in [0.25, 0.3) is 5.56 Å². The van der Waals surface area contributed by atoms with Crippen molar-refractivity contribution >= 4 is 5.69 Å². The van der Waals surface area contributed by atoms with E-state index < -0.39 is 0 Å². The van der Waals surface area contributed by atoms with Crippen molar-refractivity contribution in [2.45, 2.75) is 6.92 Å². The van der Waals surface area contributed by atoms with E-state index in [0.717, 1.165) is 11.1 Å². The van der Waals surface area contributed by atoms with E-state index in [9.17, 15) is 4.79 Å². The fourth-order valence-corrected chi connectivity index (χ4v) is 1.33. The summed E-state index contributed by atoms with van der Waals surface area (Å²) in [6, 6.07) is 5.64. The van der Waals surface area contributed by atoms with Crippen LogP contribution in [0.15, 0.2) is 35.4 Å². The van der Waals surface area contributed by atoms with Crippen molar-refractivity contribution in [1.29, 1.82) is 0 Å². The maximum Gasteiger partial charge on any atom is 0.266 e. The first-order valence-corrected chi connectivity index (χ1v) is 4.57. The molecular formula is C11H11N3O. The number of nitrogen functional groups attached to an aromatic ring is 1. The van der Waals surface area contributed by atoms with E-state index in [1.54, 1.807) is 6.20 Å². The summed E-state index contributed by atoms with van der Waals surface area (Å²) >= 11 is 0. The molecule has 2 rings (SSSR count). The molecule has 3 N–H and O–H groups in total. The third-order valence-corrected chi connectivity index (χ3v) is 2.24. The number of nitrogens with zero attached hydrogens (tertiary/aromatic N) is 1. The number of nitrogens with one attached hydrogen (secondary N) is 1. The molecule has 4 heteroatoms. The molecule has 76 valence electrons. The van der Waals surface area contributed by atoms with Gasteiger partial charge in [-0.2, -0.15) is 0 Å². The van der Waals surface area contributed by atoms with Crippen LogP contribution in [-0.2, 0) is 0 Å². The maximum atomic E-state index is 11.1. The molecule has 0 bridgehead atoms. The minimum absolute atomic E-state index is 0.216. The summed E-state index contributed by atoms with van der Waals surface area (Å²) in [5.41, 5.74) is 8.83. The zero-order chi connectivity index (χ0) is 10.8. The van der Waals surface area contributed by atoms with Gasteiger partial charge in [-0.3, -0.25) is 9.78 Å². The Morgan fingerprint density at radius 3 is 2.80 bits per heavy atom. The average Bonchev–Trinajstić information content (AvgIpc) is 2.22. The van der Waals surface area contributed by atoms with Gasteiger partial charge in [0, 0.05) is 11.3 Å². The predicted molar refractivity (Wildman–Crippen MR) is 59.4 cm³/mol. The van der Waals surface area contributed by atoms with Crippen LogP contribution in [-0.4, -0.2) is 9.97 Å². The molecule has 2 aromatic rings. The molecule has 0 atom stereocenters. The second-order valence-corrected chi connectivity index (χ2v) is 3.38. The summed E-state index contributed by atoms with van der Waals surface area (Å²) in [5, 5.41) is 0. The van der Waals surface area contributed by atoms with Crippen LogP contribution in [0.5, 0.6) is 0 Å². The molecule has 0 radical (unpaired) electrons. The number of hydrogen-bond donors (Lipinski definition) is 2. The standard InChI is InChI=1S/C11H11N3O/c1-7-2-3-8(4-9(7)12)10-5-13-6-11(15)14-10/h2-6H,12H2,1H3,(H,14,15). The molecule has 0 aliphatic rings. The van der Waals surface area contributed by atoms with Gasteiger partial charge in [0.05, 0.1) is 18.1 Å². The molecule has 0 saturated carbocycles. The maximum absolute atomic E-state index is 11.1. The van der Waals surface area contributed by atoms with E-state index in [-0.39, 0.29) is 5.56 Å². The number of aromatic nitrogens is 2. The van der Waals surface area contributed by atoms with Crippen molar-refractivity contribution in [2.24, 2.45) is 0 Å². The van der Waals surface area contributed by atoms with E-state index in [2.05, 4.69) is 9.97 Å². The van der Waals surface area contributed by atoms with Gasteiger partial charge in [0.15, 0.2) is 0 Å². The first-order valence-electron chi connectivity index (χ1n) is 4.57. The van der Waals surface area contributed by atoms with Gasteiger partial charge in [-0.15, -0.1) is 0 Å². The third kappa shape index (κ3) is 1.88. The van der Waals surface area contributed by atoms with E-state index in [4.69, 9.17) is 5.73 Å². The zero-order valence-corrected chi connectivity index (χ0v) is 8.32. The van der Waals surface area contributed by atoms with E-state index in [1.807, 2.05) is 25.1 Å². The zero-order valence-electron chi connectivity index (χ0n) is 8.32. The first-order chi connectivity index (χ1) is 7.16. The van der Waals surface area contributed by atoms with Crippen LogP contribution in [0, 0.1) is 6.92 Å². The van der Waals surface area contributed by atoms with Crippen LogP contribution in [0.25, 0.3) is 11.3 Å². The average molecular weight is 201 g/mol. The highest BCUT2D eigenvalue weighted by Gasteiger charge is 2.00. The summed E-state index contributed by atoms with van der Waals surface area (Å²) in [7, 11) is 0. The van der Waals surface area contributed by atoms with Crippen LogP contribution in [0.3, 0.4) is 0 Å². The number of anilines is 1. The number of aryl methyl sites for hydroxylation is 1. The lowest BCUT2D eigenvalue weighted by Gasteiger charge is -2.04. The van der Waals surface area contributed by atoms with Gasteiger partial charge in [-0.25, -0.2) is 0 Å². The number of hydrogen-bond acceptors (Lipinski definition) is 3. The fraction of sp³-hybridized carbons (Fsp3) is 0.0909. The molecule has 0 aliphatic heterocycles. The Morgan fingerprint density at radius 2 is 2.13 bits per heavy atom. The molecule has 4 nitrogen and oxygen atoms in total. The molecule has 15 heavy (non-hydrogen) atoms. The van der Waals surface area contributed by atoms with Crippen LogP contribution in [0.2, 0.25) is 0 Å². The summed E-state index contributed by atoms with van der Waals surface area (Å²) in [4.78, 5) is 17.6. The second kappa shape index (κ2) is 3.57. The Kier molecular flexibility index (Phi) is 2.25. The van der Waals surface area contributed by atoms with Crippen molar-refractivity contribution in [2.75, 3.05) is 5.73 Å². The van der Waals surface area contributed by atoms with Crippen LogP contribution < -0.4 is 11.3 Å². The van der Waals surface area contributed by atoms with E-state index in [1.165, 1.54) is 6.20 Å². The Labute approximate surface area is 86.8 Å². The summed E-state index contributed by atoms with van der Waals surface area (Å²) in [6.07, 6.45) is 2.84. The number of nitrogens with two attached hydrogens (primary N) is 1. The molecule has 0 amide bonds. The SMILES string of the molecule is Cc1ccc(-c2cncc(=O)[nH]2)cc1N. The van der Waals surface area contributed by atoms with Crippen molar-refractivity contribution < 1.29 is 0 Å². The lowest BCUT2D eigenvalue weighted by atomic mass is 10.1. The van der Waals surface area contributed by atoms with Gasteiger partial charge in [-0.1, -0.05) is 12.1 Å². The fourth-order valence-electron chi connectivity index (χ4n) is 1.33. The van der Waals surface area contributed by atoms with Crippen LogP contribution >= 0.6 is 0 Å². The quantitative estimate of drug-likeness (QED) is 0.683. The number of aromatic amines is 1. The van der Waals surface area contributed by atoms with Crippen molar-refractivity contribution in [3.05, 3.63) is 46.5 Å². The second-order valence-electron chi connectivity index (χ2n) is 3.38. The number of benzene rings is 1. The Balaban J connectivity index is 2.55. The van der Waals surface area contributed by atoms with Crippen molar-refractivity contribution in [1.82, 2.24) is 9.97 Å². The van der Waals surface area contributed by atoms with Crippen LogP contribution in [0.4, 0.5) is 5.69 Å². The molecule has 0 saturated heterocycles. The monoisotopic (exact) mass is 201 g/mol. The molecule has 0 aliphatic carbocycles. The van der Waals surface area contributed by atoms with Gasteiger partial charge in [-0.05, 0) is 18.6 Å². The number of H-pyrrole nitrogens is 1. The van der Waals surface area contributed by atoms with Gasteiger partial charge < -0.3 is 10.7 Å². The van der Waals surface area contributed by atoms with Crippen molar-refractivity contribution in [3.63, 3.8) is 0 Å². The minimum Gasteiger partial charge on any atom is -0.398 e. The number of rotatable bonds is 1. The smallest absolute Gasteiger partial charge is 0.266 e. The summed E-state index contributed by atoms with van der Waals surface area (Å²) in [6.45, 7) is 1.94. The molecule has 1 heterocycles. The summed E-state index contributed by atoms with van der Waals surface area (Å²) in [5.74, 6) is 0. The molecule has 0 unspecified atom stereocenters.